The van der Waals surface area contributed by atoms with E-state index in [1.54, 1.807) is 24.1 Å². The van der Waals surface area contributed by atoms with Gasteiger partial charge in [0.1, 0.15) is 11.6 Å². The summed E-state index contributed by atoms with van der Waals surface area (Å²) < 4.78 is 28.1. The molecular weight excluding hydrogens is 226 g/mol. The molecule has 1 unspecified atom stereocenters. The minimum absolute atomic E-state index is 0.257. The Bertz CT molecular complexity index is 524. The SMILES string of the molecule is Cn1cnc(C(NN)c2ccc(F)cc2F)c1. The lowest BCUT2D eigenvalue weighted by atomic mass is 10.0. The number of rotatable bonds is 3. The Morgan fingerprint density at radius 2 is 2.18 bits per heavy atom. The van der Waals surface area contributed by atoms with Crippen molar-refractivity contribution in [3.8, 4) is 0 Å². The second-order valence-electron chi connectivity index (χ2n) is 3.73. The summed E-state index contributed by atoms with van der Waals surface area (Å²) in [5.74, 6) is 4.12. The van der Waals surface area contributed by atoms with Gasteiger partial charge in [0, 0.05) is 24.9 Å². The van der Waals surface area contributed by atoms with Crippen LogP contribution >= 0.6 is 0 Å². The summed E-state index contributed by atoms with van der Waals surface area (Å²) in [5.41, 5.74) is 3.30. The second-order valence-corrected chi connectivity index (χ2v) is 3.73. The Labute approximate surface area is 97.0 Å². The van der Waals surface area contributed by atoms with Crippen LogP contribution in [0, 0.1) is 11.6 Å². The highest BCUT2D eigenvalue weighted by atomic mass is 19.1. The Morgan fingerprint density at radius 1 is 1.41 bits per heavy atom. The van der Waals surface area contributed by atoms with E-state index in [4.69, 9.17) is 5.84 Å². The Balaban J connectivity index is 2.42. The zero-order valence-corrected chi connectivity index (χ0v) is 9.19. The van der Waals surface area contributed by atoms with E-state index < -0.39 is 17.7 Å². The lowest BCUT2D eigenvalue weighted by Gasteiger charge is -2.14. The third-order valence-electron chi connectivity index (χ3n) is 2.46. The zero-order valence-electron chi connectivity index (χ0n) is 9.19. The van der Waals surface area contributed by atoms with Crippen LogP contribution in [0.5, 0.6) is 0 Å². The molecule has 1 aromatic heterocycles. The van der Waals surface area contributed by atoms with Gasteiger partial charge in [-0.05, 0) is 6.07 Å². The quantitative estimate of drug-likeness (QED) is 0.625. The first-order chi connectivity index (χ1) is 8.11. The largest absolute Gasteiger partial charge is 0.340 e. The standard InChI is InChI=1S/C11H12F2N4/c1-17-5-10(15-6-17)11(16-14)8-3-2-7(12)4-9(8)13/h2-6,11,16H,14H2,1H3. The van der Waals surface area contributed by atoms with Gasteiger partial charge in [-0.25, -0.2) is 19.2 Å². The summed E-state index contributed by atoms with van der Waals surface area (Å²) in [5, 5.41) is 0. The monoisotopic (exact) mass is 238 g/mol. The molecule has 6 heteroatoms. The third kappa shape index (κ3) is 2.32. The summed E-state index contributed by atoms with van der Waals surface area (Å²) in [6, 6.07) is 2.76. The molecule has 2 aromatic rings. The number of nitrogens with zero attached hydrogens (tertiary/aromatic N) is 2. The van der Waals surface area contributed by atoms with Gasteiger partial charge in [0.2, 0.25) is 0 Å². The first kappa shape index (κ1) is 11.7. The van der Waals surface area contributed by atoms with Gasteiger partial charge in [0.25, 0.3) is 0 Å². The molecule has 0 amide bonds. The maximum atomic E-state index is 13.6. The number of nitrogens with two attached hydrogens (primary N) is 1. The van der Waals surface area contributed by atoms with Crippen molar-refractivity contribution in [3.05, 3.63) is 53.6 Å². The first-order valence-corrected chi connectivity index (χ1v) is 5.00. The summed E-state index contributed by atoms with van der Waals surface area (Å²) in [6.45, 7) is 0. The molecule has 0 aliphatic heterocycles. The van der Waals surface area contributed by atoms with E-state index in [2.05, 4.69) is 10.4 Å². The lowest BCUT2D eigenvalue weighted by molar-refractivity contribution is 0.537. The minimum Gasteiger partial charge on any atom is -0.340 e. The average molecular weight is 238 g/mol. The predicted octanol–water partition coefficient (Wildman–Crippen LogP) is 1.25. The number of hydrazine groups is 1. The van der Waals surface area contributed by atoms with E-state index in [1.807, 2.05) is 0 Å². The van der Waals surface area contributed by atoms with Crippen LogP contribution in [0.3, 0.4) is 0 Å². The minimum atomic E-state index is -0.654. The van der Waals surface area contributed by atoms with Crippen molar-refractivity contribution in [2.24, 2.45) is 12.9 Å². The van der Waals surface area contributed by atoms with Crippen molar-refractivity contribution >= 4 is 0 Å². The number of aryl methyl sites for hydroxylation is 1. The van der Waals surface area contributed by atoms with Gasteiger partial charge < -0.3 is 4.57 Å². The number of nitrogens with one attached hydrogen (secondary N) is 1. The normalized spacial score (nSPS) is 12.7. The molecule has 0 aliphatic carbocycles. The number of imidazole rings is 1. The maximum Gasteiger partial charge on any atom is 0.131 e. The number of aromatic nitrogens is 2. The molecule has 0 spiro atoms. The smallest absolute Gasteiger partial charge is 0.131 e. The van der Waals surface area contributed by atoms with Gasteiger partial charge in [0.05, 0.1) is 18.1 Å². The van der Waals surface area contributed by atoms with Crippen molar-refractivity contribution in [3.63, 3.8) is 0 Å². The molecule has 1 aromatic carbocycles. The molecule has 0 bridgehead atoms. The van der Waals surface area contributed by atoms with Crippen LogP contribution in [0.15, 0.2) is 30.7 Å². The lowest BCUT2D eigenvalue weighted by Crippen LogP contribution is -2.29. The van der Waals surface area contributed by atoms with E-state index in [1.165, 1.54) is 12.1 Å². The van der Waals surface area contributed by atoms with E-state index in [0.29, 0.717) is 5.69 Å². The average Bonchev–Trinajstić information content (AvgIpc) is 2.69. The highest BCUT2D eigenvalue weighted by Crippen LogP contribution is 2.22. The van der Waals surface area contributed by atoms with E-state index >= 15 is 0 Å². The fourth-order valence-corrected chi connectivity index (χ4v) is 1.65. The van der Waals surface area contributed by atoms with Crippen LogP contribution in [0.25, 0.3) is 0 Å². The predicted molar refractivity (Wildman–Crippen MR) is 58.7 cm³/mol. The highest BCUT2D eigenvalue weighted by molar-refractivity contribution is 5.28. The van der Waals surface area contributed by atoms with Crippen molar-refractivity contribution in [2.45, 2.75) is 6.04 Å². The Hall–Kier alpha value is -1.79. The molecule has 1 heterocycles. The van der Waals surface area contributed by atoms with Crippen molar-refractivity contribution in [1.29, 1.82) is 0 Å². The fourth-order valence-electron chi connectivity index (χ4n) is 1.65. The van der Waals surface area contributed by atoms with E-state index in [-0.39, 0.29) is 5.56 Å². The van der Waals surface area contributed by atoms with Crippen LogP contribution in [0.4, 0.5) is 8.78 Å². The Kier molecular flexibility index (Phi) is 3.16. The van der Waals surface area contributed by atoms with Gasteiger partial charge in [0.15, 0.2) is 0 Å². The molecule has 0 saturated heterocycles. The molecule has 0 radical (unpaired) electrons. The summed E-state index contributed by atoms with van der Waals surface area (Å²) >= 11 is 0. The molecule has 90 valence electrons. The molecule has 0 saturated carbocycles. The number of hydrogen-bond acceptors (Lipinski definition) is 3. The van der Waals surface area contributed by atoms with E-state index in [9.17, 15) is 8.78 Å². The molecule has 0 aliphatic rings. The van der Waals surface area contributed by atoms with Crippen LogP contribution in [0.1, 0.15) is 17.3 Å². The number of halogens is 2. The summed E-state index contributed by atoms with van der Waals surface area (Å²) in [6.07, 6.45) is 3.30. The first-order valence-electron chi connectivity index (χ1n) is 5.00. The van der Waals surface area contributed by atoms with Crippen LogP contribution in [0.2, 0.25) is 0 Å². The van der Waals surface area contributed by atoms with Crippen molar-refractivity contribution in [2.75, 3.05) is 0 Å². The van der Waals surface area contributed by atoms with Crippen LogP contribution in [-0.4, -0.2) is 9.55 Å². The van der Waals surface area contributed by atoms with Gasteiger partial charge >= 0.3 is 0 Å². The third-order valence-corrected chi connectivity index (χ3v) is 2.46. The van der Waals surface area contributed by atoms with Crippen LogP contribution in [-0.2, 0) is 7.05 Å². The molecular formula is C11H12F2N4. The molecule has 4 nitrogen and oxygen atoms in total. The van der Waals surface area contributed by atoms with Gasteiger partial charge in [-0.1, -0.05) is 6.07 Å². The second kappa shape index (κ2) is 4.60. The number of benzene rings is 1. The molecule has 3 N–H and O–H groups in total. The van der Waals surface area contributed by atoms with Gasteiger partial charge in [-0.2, -0.15) is 0 Å². The highest BCUT2D eigenvalue weighted by Gasteiger charge is 2.19. The zero-order chi connectivity index (χ0) is 12.4. The molecule has 2 rings (SSSR count). The van der Waals surface area contributed by atoms with Crippen LogP contribution < -0.4 is 11.3 Å². The van der Waals surface area contributed by atoms with Crippen molar-refractivity contribution in [1.82, 2.24) is 15.0 Å². The maximum absolute atomic E-state index is 13.6. The topological polar surface area (TPSA) is 55.9 Å². The summed E-state index contributed by atoms with van der Waals surface area (Å²) in [7, 11) is 1.80. The van der Waals surface area contributed by atoms with Gasteiger partial charge in [-0.15, -0.1) is 0 Å². The summed E-state index contributed by atoms with van der Waals surface area (Å²) in [4.78, 5) is 4.09. The van der Waals surface area contributed by atoms with Gasteiger partial charge in [-0.3, -0.25) is 5.84 Å². The van der Waals surface area contributed by atoms with E-state index in [0.717, 1.165) is 6.07 Å². The van der Waals surface area contributed by atoms with Crippen molar-refractivity contribution < 1.29 is 8.78 Å². The molecule has 1 atom stereocenters. The Morgan fingerprint density at radius 3 is 2.71 bits per heavy atom. The molecule has 17 heavy (non-hydrogen) atoms. The molecule has 0 fully saturated rings. The number of hydrogen-bond donors (Lipinski definition) is 2. The fraction of sp³-hybridized carbons (Fsp3) is 0.182.